The van der Waals surface area contributed by atoms with Gasteiger partial charge >= 0.3 is 0 Å². The molecular weight excluding hydrogens is 322 g/mol. The standard InChI is InChI=1S/C17H27N5OS/c1-2-18-17(19-12-15(23)20-13-5-6-13)21-14-7-9-22(10-8-14)16-4-3-11-24-16/h3-4,11,13-14H,2,5-10,12H2,1H3,(H,20,23)(H2,18,19,21). The number of carbonyl (C=O) groups is 1. The van der Waals surface area contributed by atoms with E-state index in [1.165, 1.54) is 5.00 Å². The maximum absolute atomic E-state index is 11.8. The Morgan fingerprint density at radius 1 is 1.25 bits per heavy atom. The fourth-order valence-corrected chi connectivity index (χ4v) is 3.64. The van der Waals surface area contributed by atoms with Gasteiger partial charge in [0, 0.05) is 31.7 Å². The van der Waals surface area contributed by atoms with Gasteiger partial charge in [-0.2, -0.15) is 0 Å². The Morgan fingerprint density at radius 2 is 2.00 bits per heavy atom. The van der Waals surface area contributed by atoms with Crippen LogP contribution in [0.5, 0.6) is 0 Å². The van der Waals surface area contributed by atoms with E-state index in [9.17, 15) is 4.79 Å². The molecule has 0 unspecified atom stereocenters. The van der Waals surface area contributed by atoms with Crippen molar-refractivity contribution in [2.24, 2.45) is 4.99 Å². The molecule has 1 aromatic heterocycles. The Balaban J connectivity index is 1.45. The number of hydrogen-bond acceptors (Lipinski definition) is 4. The third-order valence-electron chi connectivity index (χ3n) is 4.32. The van der Waals surface area contributed by atoms with Crippen molar-refractivity contribution in [3.8, 4) is 0 Å². The smallest absolute Gasteiger partial charge is 0.242 e. The van der Waals surface area contributed by atoms with Gasteiger partial charge in [-0.1, -0.05) is 0 Å². The van der Waals surface area contributed by atoms with Gasteiger partial charge in [-0.05, 0) is 50.1 Å². The summed E-state index contributed by atoms with van der Waals surface area (Å²) in [6, 6.07) is 5.09. The highest BCUT2D eigenvalue weighted by atomic mass is 32.1. The first-order valence-electron chi connectivity index (χ1n) is 8.87. The average molecular weight is 350 g/mol. The zero-order valence-corrected chi connectivity index (χ0v) is 15.1. The summed E-state index contributed by atoms with van der Waals surface area (Å²) in [5, 5.41) is 13.2. The second-order valence-electron chi connectivity index (χ2n) is 6.39. The zero-order valence-electron chi connectivity index (χ0n) is 14.3. The van der Waals surface area contributed by atoms with Gasteiger partial charge in [0.05, 0.1) is 5.00 Å². The number of anilines is 1. The Labute approximate surface area is 147 Å². The molecule has 0 aromatic carbocycles. The Hall–Kier alpha value is -1.76. The maximum Gasteiger partial charge on any atom is 0.242 e. The van der Waals surface area contributed by atoms with Crippen molar-refractivity contribution in [1.82, 2.24) is 16.0 Å². The zero-order chi connectivity index (χ0) is 16.8. The van der Waals surface area contributed by atoms with Crippen molar-refractivity contribution in [3.63, 3.8) is 0 Å². The van der Waals surface area contributed by atoms with E-state index in [4.69, 9.17) is 0 Å². The normalized spacial score (nSPS) is 19.2. The number of carbonyl (C=O) groups excluding carboxylic acids is 1. The molecule has 1 amide bonds. The lowest BCUT2D eigenvalue weighted by molar-refractivity contribution is -0.119. The van der Waals surface area contributed by atoms with E-state index < -0.39 is 0 Å². The summed E-state index contributed by atoms with van der Waals surface area (Å²) in [5.41, 5.74) is 0. The minimum Gasteiger partial charge on any atom is -0.363 e. The number of nitrogens with one attached hydrogen (secondary N) is 3. The first kappa shape index (κ1) is 17.1. The first-order valence-corrected chi connectivity index (χ1v) is 9.75. The van der Waals surface area contributed by atoms with Crippen molar-refractivity contribution in [3.05, 3.63) is 17.5 Å². The molecule has 132 valence electrons. The van der Waals surface area contributed by atoms with Gasteiger partial charge < -0.3 is 20.9 Å². The number of rotatable bonds is 6. The summed E-state index contributed by atoms with van der Waals surface area (Å²) in [6.45, 7) is 5.14. The third-order valence-corrected chi connectivity index (χ3v) is 5.25. The molecule has 3 rings (SSSR count). The molecule has 2 heterocycles. The van der Waals surface area contributed by atoms with Crippen molar-refractivity contribution < 1.29 is 4.79 Å². The van der Waals surface area contributed by atoms with Crippen LogP contribution < -0.4 is 20.9 Å². The van der Waals surface area contributed by atoms with E-state index in [2.05, 4.69) is 43.4 Å². The molecule has 24 heavy (non-hydrogen) atoms. The van der Waals surface area contributed by atoms with Crippen LogP contribution >= 0.6 is 11.3 Å². The number of amides is 1. The molecular formula is C17H27N5OS. The highest BCUT2D eigenvalue weighted by Gasteiger charge is 2.23. The van der Waals surface area contributed by atoms with Crippen LogP contribution in [0.15, 0.2) is 22.5 Å². The predicted octanol–water partition coefficient (Wildman–Crippen LogP) is 1.55. The molecule has 3 N–H and O–H groups in total. The van der Waals surface area contributed by atoms with Crippen LogP contribution in [0.4, 0.5) is 5.00 Å². The third kappa shape index (κ3) is 5.12. The first-order chi connectivity index (χ1) is 11.7. The summed E-state index contributed by atoms with van der Waals surface area (Å²) >= 11 is 1.80. The van der Waals surface area contributed by atoms with E-state index in [-0.39, 0.29) is 12.5 Å². The largest absolute Gasteiger partial charge is 0.363 e. The average Bonchev–Trinajstić information content (AvgIpc) is 3.23. The monoisotopic (exact) mass is 349 g/mol. The molecule has 1 saturated carbocycles. The lowest BCUT2D eigenvalue weighted by Crippen LogP contribution is -2.49. The fraction of sp³-hybridized carbons (Fsp3) is 0.647. The van der Waals surface area contributed by atoms with Crippen LogP contribution in [-0.4, -0.2) is 50.1 Å². The van der Waals surface area contributed by atoms with E-state index in [0.29, 0.717) is 12.1 Å². The molecule has 2 fully saturated rings. The van der Waals surface area contributed by atoms with E-state index in [1.807, 2.05) is 6.92 Å². The second kappa shape index (κ2) is 8.37. The molecule has 0 radical (unpaired) electrons. The number of piperidine rings is 1. The molecule has 0 spiro atoms. The number of hydrogen-bond donors (Lipinski definition) is 3. The van der Waals surface area contributed by atoms with Gasteiger partial charge in [0.2, 0.25) is 5.91 Å². The van der Waals surface area contributed by atoms with Gasteiger partial charge in [-0.15, -0.1) is 11.3 Å². The molecule has 6 nitrogen and oxygen atoms in total. The quantitative estimate of drug-likeness (QED) is 0.538. The topological polar surface area (TPSA) is 68.8 Å². The molecule has 7 heteroatoms. The molecule has 0 atom stereocenters. The summed E-state index contributed by atoms with van der Waals surface area (Å²) < 4.78 is 0. The lowest BCUT2D eigenvalue weighted by Gasteiger charge is -2.33. The number of thiophene rings is 1. The summed E-state index contributed by atoms with van der Waals surface area (Å²) in [5.74, 6) is 0.764. The minimum absolute atomic E-state index is 0.0159. The van der Waals surface area contributed by atoms with Crippen LogP contribution in [0.3, 0.4) is 0 Å². The number of guanidine groups is 1. The van der Waals surface area contributed by atoms with Gasteiger partial charge in [0.15, 0.2) is 5.96 Å². The fourth-order valence-electron chi connectivity index (χ4n) is 2.86. The Bertz CT molecular complexity index is 547. The van der Waals surface area contributed by atoms with Crippen molar-refractivity contribution in [2.75, 3.05) is 31.1 Å². The number of aliphatic imine (C=N–C) groups is 1. The van der Waals surface area contributed by atoms with Crippen LogP contribution in [0.25, 0.3) is 0 Å². The van der Waals surface area contributed by atoms with Gasteiger partial charge in [-0.25, -0.2) is 4.99 Å². The van der Waals surface area contributed by atoms with Crippen molar-refractivity contribution in [1.29, 1.82) is 0 Å². The second-order valence-corrected chi connectivity index (χ2v) is 7.32. The molecule has 1 saturated heterocycles. The summed E-state index contributed by atoms with van der Waals surface area (Å²) in [6.07, 6.45) is 4.38. The highest BCUT2D eigenvalue weighted by Crippen LogP contribution is 2.24. The van der Waals surface area contributed by atoms with Crippen LogP contribution in [0, 0.1) is 0 Å². The minimum atomic E-state index is 0.0159. The van der Waals surface area contributed by atoms with Gasteiger partial charge in [-0.3, -0.25) is 4.79 Å². The molecule has 0 bridgehead atoms. The summed E-state index contributed by atoms with van der Waals surface area (Å²) in [7, 11) is 0. The van der Waals surface area contributed by atoms with Crippen molar-refractivity contribution in [2.45, 2.75) is 44.7 Å². The van der Waals surface area contributed by atoms with Crippen LogP contribution in [0.1, 0.15) is 32.6 Å². The van der Waals surface area contributed by atoms with Crippen LogP contribution in [-0.2, 0) is 4.79 Å². The Morgan fingerprint density at radius 3 is 2.62 bits per heavy atom. The van der Waals surface area contributed by atoms with Crippen molar-refractivity contribution >= 4 is 28.2 Å². The highest BCUT2D eigenvalue weighted by molar-refractivity contribution is 7.14. The van der Waals surface area contributed by atoms with Crippen LogP contribution in [0.2, 0.25) is 0 Å². The molecule has 1 aliphatic carbocycles. The predicted molar refractivity (Wildman–Crippen MR) is 99.8 cm³/mol. The van der Waals surface area contributed by atoms with Gasteiger partial charge in [0.25, 0.3) is 0 Å². The molecule has 1 aliphatic heterocycles. The Kier molecular flexibility index (Phi) is 5.96. The SMILES string of the molecule is CCNC(=NCC(=O)NC1CC1)NC1CCN(c2cccs2)CC1. The van der Waals surface area contributed by atoms with E-state index in [1.54, 1.807) is 11.3 Å². The number of nitrogens with zero attached hydrogens (tertiary/aromatic N) is 2. The maximum atomic E-state index is 11.8. The molecule has 2 aliphatic rings. The molecule has 1 aromatic rings. The van der Waals surface area contributed by atoms with E-state index >= 15 is 0 Å². The van der Waals surface area contributed by atoms with Gasteiger partial charge in [0.1, 0.15) is 6.54 Å². The lowest BCUT2D eigenvalue weighted by atomic mass is 10.1. The summed E-state index contributed by atoms with van der Waals surface area (Å²) in [4.78, 5) is 18.7. The van der Waals surface area contributed by atoms with E-state index in [0.717, 1.165) is 51.3 Å².